The van der Waals surface area contributed by atoms with E-state index in [1.54, 1.807) is 21.1 Å². The summed E-state index contributed by atoms with van der Waals surface area (Å²) in [7, 11) is 5.39. The van der Waals surface area contributed by atoms with Crippen molar-refractivity contribution in [2.45, 2.75) is 180 Å². The van der Waals surface area contributed by atoms with Gasteiger partial charge in [-0.05, 0) is 57.8 Å². The minimum Gasteiger partial charge on any atom is -0.544 e. The van der Waals surface area contributed by atoms with Gasteiger partial charge in [0.15, 0.2) is 6.10 Å². The number of carboxylic acid groups (broad SMARTS) is 1. The van der Waals surface area contributed by atoms with E-state index < -0.39 is 18.1 Å². The van der Waals surface area contributed by atoms with Crippen LogP contribution in [0.25, 0.3) is 0 Å². The Kier molecular flexibility index (Phi) is 35.9. The molecule has 2 unspecified atom stereocenters. The maximum atomic E-state index is 12.7. The predicted octanol–water partition coefficient (Wildman–Crippen LogP) is 10.5. The van der Waals surface area contributed by atoms with Crippen LogP contribution in [0.1, 0.15) is 168 Å². The third-order valence-electron chi connectivity index (χ3n) is 9.42. The molecule has 0 aromatic heterocycles. The summed E-state index contributed by atoms with van der Waals surface area (Å²) in [5.74, 6) is -1.78. The third-order valence-corrected chi connectivity index (χ3v) is 9.42. The number of hydrogen-bond acceptors (Lipinski definition) is 7. The lowest BCUT2D eigenvalue weighted by Gasteiger charge is -2.34. The van der Waals surface area contributed by atoms with Crippen LogP contribution in [-0.4, -0.2) is 75.5 Å². The van der Waals surface area contributed by atoms with Crippen LogP contribution in [0.15, 0.2) is 60.8 Å². The van der Waals surface area contributed by atoms with Crippen LogP contribution < -0.4 is 5.11 Å². The molecular formula is C47H81NO7. The fraction of sp³-hybridized carbons (Fsp3) is 0.723. The van der Waals surface area contributed by atoms with Crippen LogP contribution in [0.4, 0.5) is 0 Å². The highest BCUT2D eigenvalue weighted by Gasteiger charge is 2.25. The number of carboxylic acids is 1. The lowest BCUT2D eigenvalue weighted by molar-refractivity contribution is -0.889. The summed E-state index contributed by atoms with van der Waals surface area (Å²) in [6.45, 7) is 4.50. The molecule has 0 fully saturated rings. The highest BCUT2D eigenvalue weighted by atomic mass is 16.6. The number of rotatable bonds is 38. The maximum Gasteiger partial charge on any atom is 0.306 e. The molecule has 0 spiro atoms. The maximum absolute atomic E-state index is 12.7. The molecule has 316 valence electrons. The first-order valence-corrected chi connectivity index (χ1v) is 21.8. The topological polar surface area (TPSA) is 102 Å². The van der Waals surface area contributed by atoms with Crippen molar-refractivity contribution in [3.8, 4) is 0 Å². The fourth-order valence-corrected chi connectivity index (χ4v) is 6.04. The van der Waals surface area contributed by atoms with Gasteiger partial charge in [-0.3, -0.25) is 9.59 Å². The summed E-state index contributed by atoms with van der Waals surface area (Å²) in [5, 5.41) is 11.6. The number of ether oxygens (including phenoxy) is 3. The van der Waals surface area contributed by atoms with Gasteiger partial charge < -0.3 is 28.6 Å². The molecule has 0 amide bonds. The minimum absolute atomic E-state index is 0.0264. The van der Waals surface area contributed by atoms with Crippen LogP contribution in [-0.2, 0) is 28.6 Å². The molecule has 0 N–H and O–H groups in total. The Balaban J connectivity index is 4.42. The molecule has 0 bridgehead atoms. The zero-order chi connectivity index (χ0) is 40.7. The molecular weight excluding hydrogens is 691 g/mol. The normalized spacial score (nSPS) is 13.5. The van der Waals surface area contributed by atoms with E-state index in [0.29, 0.717) is 12.8 Å². The van der Waals surface area contributed by atoms with Gasteiger partial charge in [0.2, 0.25) is 0 Å². The molecule has 0 aromatic rings. The van der Waals surface area contributed by atoms with E-state index in [1.807, 2.05) is 0 Å². The largest absolute Gasteiger partial charge is 0.544 e. The van der Waals surface area contributed by atoms with Gasteiger partial charge in [-0.25, -0.2) is 0 Å². The number of aliphatic carboxylic acids is 1. The number of quaternary nitrogens is 1. The van der Waals surface area contributed by atoms with Crippen LogP contribution in [0.2, 0.25) is 0 Å². The summed E-state index contributed by atoms with van der Waals surface area (Å²) in [6.07, 6.45) is 45.3. The van der Waals surface area contributed by atoms with Crippen LogP contribution in [0, 0.1) is 0 Å². The number of esters is 2. The Hall–Kier alpha value is -2.97. The molecule has 2 atom stereocenters. The van der Waals surface area contributed by atoms with Gasteiger partial charge in [-0.15, -0.1) is 0 Å². The number of nitrogens with zero attached hydrogens (tertiary/aromatic N) is 1. The summed E-state index contributed by atoms with van der Waals surface area (Å²) in [5.41, 5.74) is 0. The van der Waals surface area contributed by atoms with E-state index >= 15 is 0 Å². The smallest absolute Gasteiger partial charge is 0.306 e. The zero-order valence-corrected chi connectivity index (χ0v) is 35.8. The SMILES string of the molecule is CC/C=C/C/C=C/C/C=C/C/C=C/C/C=C/CCCCCC(=O)OC(COCCC(C(=O)[O-])[N+](C)(C)C)COC(=O)CCCCCCCCCCCCCC. The van der Waals surface area contributed by atoms with Crippen molar-refractivity contribution >= 4 is 17.9 Å². The van der Waals surface area contributed by atoms with Crippen molar-refractivity contribution in [1.82, 2.24) is 0 Å². The molecule has 0 saturated heterocycles. The monoisotopic (exact) mass is 772 g/mol. The number of carbonyl (C=O) groups is 3. The molecule has 8 heteroatoms. The highest BCUT2D eigenvalue weighted by molar-refractivity contribution is 5.70. The number of unbranched alkanes of at least 4 members (excludes halogenated alkanes) is 14. The first kappa shape index (κ1) is 52.0. The first-order chi connectivity index (χ1) is 26.6. The van der Waals surface area contributed by atoms with Crippen molar-refractivity contribution in [3.63, 3.8) is 0 Å². The van der Waals surface area contributed by atoms with Gasteiger partial charge in [-0.1, -0.05) is 152 Å². The van der Waals surface area contributed by atoms with Crippen LogP contribution in [0.5, 0.6) is 0 Å². The van der Waals surface area contributed by atoms with Gasteiger partial charge >= 0.3 is 11.9 Å². The molecule has 0 saturated carbocycles. The average Bonchev–Trinajstić information content (AvgIpc) is 3.14. The first-order valence-electron chi connectivity index (χ1n) is 21.8. The van der Waals surface area contributed by atoms with E-state index in [0.717, 1.165) is 70.6 Å². The lowest BCUT2D eigenvalue weighted by Crippen LogP contribution is -2.55. The molecule has 0 aromatic carbocycles. The molecule has 0 heterocycles. The van der Waals surface area contributed by atoms with Crippen LogP contribution in [0.3, 0.4) is 0 Å². The van der Waals surface area contributed by atoms with E-state index in [-0.39, 0.29) is 49.1 Å². The molecule has 0 rings (SSSR count). The second-order valence-electron chi connectivity index (χ2n) is 15.6. The van der Waals surface area contributed by atoms with Gasteiger partial charge in [0.1, 0.15) is 12.6 Å². The fourth-order valence-electron chi connectivity index (χ4n) is 6.04. The second-order valence-corrected chi connectivity index (χ2v) is 15.6. The van der Waals surface area contributed by atoms with E-state index in [2.05, 4.69) is 74.6 Å². The summed E-state index contributed by atoms with van der Waals surface area (Å²) in [4.78, 5) is 36.8. The lowest BCUT2D eigenvalue weighted by atomic mass is 10.0. The van der Waals surface area contributed by atoms with Gasteiger partial charge in [0, 0.05) is 19.3 Å². The molecule has 8 nitrogen and oxygen atoms in total. The summed E-state index contributed by atoms with van der Waals surface area (Å²) in [6, 6.07) is -0.732. The van der Waals surface area contributed by atoms with Crippen molar-refractivity contribution in [2.24, 2.45) is 0 Å². The van der Waals surface area contributed by atoms with Crippen molar-refractivity contribution in [1.29, 1.82) is 0 Å². The van der Waals surface area contributed by atoms with Gasteiger partial charge in [-0.2, -0.15) is 0 Å². The predicted molar refractivity (Wildman–Crippen MR) is 226 cm³/mol. The van der Waals surface area contributed by atoms with Crippen molar-refractivity contribution in [3.05, 3.63) is 60.8 Å². The summed E-state index contributed by atoms with van der Waals surface area (Å²) < 4.78 is 17.1. The van der Waals surface area contributed by atoms with Gasteiger partial charge in [0.25, 0.3) is 0 Å². The number of likely N-dealkylation sites (N-methyl/N-ethyl adjacent to an activating group) is 1. The molecule has 0 aliphatic rings. The summed E-state index contributed by atoms with van der Waals surface area (Å²) >= 11 is 0. The highest BCUT2D eigenvalue weighted by Crippen LogP contribution is 2.14. The van der Waals surface area contributed by atoms with Crippen molar-refractivity contribution in [2.75, 3.05) is 41.0 Å². The van der Waals surface area contributed by atoms with E-state index in [9.17, 15) is 19.5 Å². The Bertz CT molecular complexity index is 1090. The molecule has 0 aliphatic carbocycles. The van der Waals surface area contributed by atoms with E-state index in [1.165, 1.54) is 57.8 Å². The minimum atomic E-state index is -1.13. The Labute approximate surface area is 337 Å². The Morgan fingerprint density at radius 2 is 1.02 bits per heavy atom. The number of hydrogen-bond donors (Lipinski definition) is 0. The van der Waals surface area contributed by atoms with Crippen molar-refractivity contribution < 1.29 is 38.2 Å². The molecule has 55 heavy (non-hydrogen) atoms. The average molecular weight is 772 g/mol. The quantitative estimate of drug-likeness (QED) is 0.0266. The standard InChI is InChI=1S/C47H81NO7/c1-6-8-10-12-14-16-18-20-21-22-23-24-25-26-28-30-32-34-36-38-46(50)55-43(41-53-40-39-44(47(51)52)48(3,4)5)42-54-45(49)37-35-33-31-29-27-19-17-15-13-11-9-7-2/h8,10,14,16,20-21,23-24,26,28,43-44H,6-7,9,11-13,15,17-19,22,25,27,29-42H2,1-5H3/b10-8+,16-14+,21-20+,24-23+,28-26+. The zero-order valence-electron chi connectivity index (χ0n) is 35.8. The Morgan fingerprint density at radius 1 is 0.564 bits per heavy atom. The number of carbonyl (C=O) groups excluding carboxylic acids is 3. The van der Waals surface area contributed by atoms with E-state index in [4.69, 9.17) is 14.2 Å². The number of allylic oxidation sites excluding steroid dienone is 10. The Morgan fingerprint density at radius 3 is 1.51 bits per heavy atom. The molecule has 0 aliphatic heterocycles. The second kappa shape index (κ2) is 37.9. The van der Waals surface area contributed by atoms with Gasteiger partial charge in [0.05, 0.1) is 40.3 Å². The third kappa shape index (κ3) is 36.4. The molecule has 0 radical (unpaired) electrons. The van der Waals surface area contributed by atoms with Crippen LogP contribution >= 0.6 is 0 Å².